The molecule has 0 unspecified atom stereocenters. The number of nitrogens with one attached hydrogen (secondary N) is 1. The number of hydrogen-bond donors (Lipinski definition) is 2. The monoisotopic (exact) mass is 272 g/mol. The summed E-state index contributed by atoms with van der Waals surface area (Å²) in [5.41, 5.74) is 8.66. The van der Waals surface area contributed by atoms with E-state index in [-0.39, 0.29) is 6.04 Å². The van der Waals surface area contributed by atoms with Crippen LogP contribution in [0.3, 0.4) is 0 Å². The molecule has 20 heavy (non-hydrogen) atoms. The second-order valence-corrected chi connectivity index (χ2v) is 5.01. The van der Waals surface area contributed by atoms with Crippen LogP contribution in [0.15, 0.2) is 39.9 Å². The fourth-order valence-corrected chi connectivity index (χ4v) is 1.72. The van der Waals surface area contributed by atoms with E-state index in [4.69, 9.17) is 10.2 Å². The third-order valence-electron chi connectivity index (χ3n) is 2.70. The Kier molecular flexibility index (Phi) is 4.40. The maximum absolute atomic E-state index is 5.74. The van der Waals surface area contributed by atoms with E-state index in [9.17, 15) is 0 Å². The van der Waals surface area contributed by atoms with Crippen molar-refractivity contribution in [3.05, 3.63) is 41.8 Å². The molecular formula is C15H20N4O. The van der Waals surface area contributed by atoms with Crippen molar-refractivity contribution < 1.29 is 4.42 Å². The van der Waals surface area contributed by atoms with Crippen molar-refractivity contribution in [3.8, 4) is 11.5 Å². The van der Waals surface area contributed by atoms with Crippen LogP contribution in [0.4, 0.5) is 0 Å². The average Bonchev–Trinajstić information content (AvgIpc) is 2.85. The van der Waals surface area contributed by atoms with Gasteiger partial charge in [0.15, 0.2) is 5.96 Å². The number of hydrogen-bond acceptors (Lipinski definition) is 3. The largest absolute Gasteiger partial charge is 0.444 e. The molecule has 0 saturated heterocycles. The molecule has 0 atom stereocenters. The molecule has 0 saturated carbocycles. The quantitative estimate of drug-likeness (QED) is 0.662. The smallest absolute Gasteiger partial charge is 0.226 e. The van der Waals surface area contributed by atoms with Crippen LogP contribution < -0.4 is 11.1 Å². The first-order chi connectivity index (χ1) is 9.54. The molecule has 2 rings (SSSR count). The Bertz CT molecular complexity index is 584. The minimum Gasteiger partial charge on any atom is -0.444 e. The molecule has 1 aromatic heterocycles. The van der Waals surface area contributed by atoms with Crippen molar-refractivity contribution >= 4 is 5.96 Å². The number of guanidine groups is 1. The first-order valence-electron chi connectivity index (χ1n) is 6.62. The number of oxazole rings is 1. The van der Waals surface area contributed by atoms with Crippen LogP contribution in [-0.4, -0.2) is 17.0 Å². The molecule has 0 aliphatic carbocycles. The van der Waals surface area contributed by atoms with Gasteiger partial charge in [0.05, 0.1) is 6.54 Å². The highest BCUT2D eigenvalue weighted by Gasteiger charge is 2.06. The lowest BCUT2D eigenvalue weighted by atomic mass is 10.1. The number of nitrogens with two attached hydrogens (primary N) is 1. The third-order valence-corrected chi connectivity index (χ3v) is 2.70. The number of aromatic nitrogens is 1. The van der Waals surface area contributed by atoms with Crippen LogP contribution in [0.1, 0.15) is 25.1 Å². The molecule has 0 aliphatic heterocycles. The predicted molar refractivity (Wildman–Crippen MR) is 80.3 cm³/mol. The second-order valence-electron chi connectivity index (χ2n) is 5.01. The van der Waals surface area contributed by atoms with Gasteiger partial charge in [0.1, 0.15) is 12.0 Å². The highest BCUT2D eigenvalue weighted by molar-refractivity contribution is 5.78. The molecule has 5 heteroatoms. The highest BCUT2D eigenvalue weighted by Crippen LogP contribution is 2.19. The number of rotatable bonds is 4. The zero-order chi connectivity index (χ0) is 14.5. The van der Waals surface area contributed by atoms with Crippen molar-refractivity contribution in [2.45, 2.75) is 33.4 Å². The Morgan fingerprint density at radius 3 is 2.70 bits per heavy atom. The first-order valence-corrected chi connectivity index (χ1v) is 6.62. The van der Waals surface area contributed by atoms with E-state index < -0.39 is 0 Å². The van der Waals surface area contributed by atoms with Gasteiger partial charge in [0.2, 0.25) is 5.89 Å². The standard InChI is InChI=1S/C15H20N4O/c1-10(2)18-15(16)17-8-13-9-20-14(19-13)12-6-4-11(3)5-7-12/h4-7,9-10H,8H2,1-3H3,(H3,16,17,18). The van der Waals surface area contributed by atoms with E-state index in [2.05, 4.69) is 15.3 Å². The van der Waals surface area contributed by atoms with E-state index in [0.29, 0.717) is 18.4 Å². The van der Waals surface area contributed by atoms with Crippen LogP contribution in [0, 0.1) is 6.92 Å². The molecule has 0 amide bonds. The topological polar surface area (TPSA) is 76.4 Å². The number of nitrogens with zero attached hydrogens (tertiary/aromatic N) is 2. The zero-order valence-electron chi connectivity index (χ0n) is 12.1. The van der Waals surface area contributed by atoms with Gasteiger partial charge in [-0.05, 0) is 32.9 Å². The summed E-state index contributed by atoms with van der Waals surface area (Å²) in [5, 5.41) is 3.03. The van der Waals surface area contributed by atoms with Crippen LogP contribution in [0.5, 0.6) is 0 Å². The minimum absolute atomic E-state index is 0.263. The maximum atomic E-state index is 5.74. The molecule has 0 radical (unpaired) electrons. The summed E-state index contributed by atoms with van der Waals surface area (Å²) in [6.45, 7) is 6.47. The number of aliphatic imine (C=N–C) groups is 1. The molecule has 0 aliphatic rings. The van der Waals surface area contributed by atoms with Gasteiger partial charge in [-0.2, -0.15) is 0 Å². The zero-order valence-corrected chi connectivity index (χ0v) is 12.1. The predicted octanol–water partition coefficient (Wildman–Crippen LogP) is 2.46. The SMILES string of the molecule is Cc1ccc(-c2nc(CN=C(N)NC(C)C)co2)cc1. The molecule has 5 nitrogen and oxygen atoms in total. The van der Waals surface area contributed by atoms with E-state index >= 15 is 0 Å². The summed E-state index contributed by atoms with van der Waals surface area (Å²) in [6.07, 6.45) is 1.61. The third kappa shape index (κ3) is 3.85. The van der Waals surface area contributed by atoms with Crippen molar-refractivity contribution in [1.82, 2.24) is 10.3 Å². The molecule has 0 bridgehead atoms. The summed E-state index contributed by atoms with van der Waals surface area (Å²) in [4.78, 5) is 8.62. The molecule has 3 N–H and O–H groups in total. The van der Waals surface area contributed by atoms with Crippen LogP contribution in [0.2, 0.25) is 0 Å². The Hall–Kier alpha value is -2.30. The van der Waals surface area contributed by atoms with Crippen molar-refractivity contribution in [1.29, 1.82) is 0 Å². The fraction of sp³-hybridized carbons (Fsp3) is 0.333. The first kappa shape index (κ1) is 14.1. The minimum atomic E-state index is 0.263. The lowest BCUT2D eigenvalue weighted by molar-refractivity contribution is 0.572. The summed E-state index contributed by atoms with van der Waals surface area (Å²) in [7, 11) is 0. The van der Waals surface area contributed by atoms with Crippen molar-refractivity contribution in [2.24, 2.45) is 10.7 Å². The number of benzene rings is 1. The van der Waals surface area contributed by atoms with Gasteiger partial charge in [-0.1, -0.05) is 17.7 Å². The van der Waals surface area contributed by atoms with Gasteiger partial charge >= 0.3 is 0 Å². The van der Waals surface area contributed by atoms with Crippen LogP contribution >= 0.6 is 0 Å². The van der Waals surface area contributed by atoms with Gasteiger partial charge in [0, 0.05) is 11.6 Å². The summed E-state index contributed by atoms with van der Waals surface area (Å²) < 4.78 is 5.46. The van der Waals surface area contributed by atoms with E-state index in [0.717, 1.165) is 11.3 Å². The molecule has 2 aromatic rings. The van der Waals surface area contributed by atoms with Crippen LogP contribution in [-0.2, 0) is 6.54 Å². The normalized spacial score (nSPS) is 11.9. The van der Waals surface area contributed by atoms with Gasteiger partial charge in [-0.3, -0.25) is 0 Å². The molecule has 1 heterocycles. The van der Waals surface area contributed by atoms with Gasteiger partial charge < -0.3 is 15.5 Å². The van der Waals surface area contributed by atoms with Gasteiger partial charge in [-0.15, -0.1) is 0 Å². The van der Waals surface area contributed by atoms with E-state index in [1.165, 1.54) is 5.56 Å². The lowest BCUT2D eigenvalue weighted by Crippen LogP contribution is -2.36. The second kappa shape index (κ2) is 6.23. The summed E-state index contributed by atoms with van der Waals surface area (Å²) in [6, 6.07) is 8.30. The Balaban J connectivity index is 2.04. The lowest BCUT2D eigenvalue weighted by Gasteiger charge is -2.07. The average molecular weight is 272 g/mol. The molecule has 106 valence electrons. The van der Waals surface area contributed by atoms with Gasteiger partial charge in [0.25, 0.3) is 0 Å². The Morgan fingerprint density at radius 1 is 1.35 bits per heavy atom. The van der Waals surface area contributed by atoms with E-state index in [1.54, 1.807) is 6.26 Å². The Labute approximate surface area is 118 Å². The molecule has 0 fully saturated rings. The summed E-state index contributed by atoms with van der Waals surface area (Å²) >= 11 is 0. The highest BCUT2D eigenvalue weighted by atomic mass is 16.3. The Morgan fingerprint density at radius 2 is 2.05 bits per heavy atom. The molecule has 1 aromatic carbocycles. The molecular weight excluding hydrogens is 252 g/mol. The van der Waals surface area contributed by atoms with Crippen molar-refractivity contribution in [3.63, 3.8) is 0 Å². The van der Waals surface area contributed by atoms with Gasteiger partial charge in [-0.25, -0.2) is 9.98 Å². The van der Waals surface area contributed by atoms with Crippen LogP contribution in [0.25, 0.3) is 11.5 Å². The maximum Gasteiger partial charge on any atom is 0.226 e. The number of aryl methyl sites for hydroxylation is 1. The summed E-state index contributed by atoms with van der Waals surface area (Å²) in [5.74, 6) is 1.02. The molecule has 0 spiro atoms. The van der Waals surface area contributed by atoms with E-state index in [1.807, 2.05) is 45.0 Å². The van der Waals surface area contributed by atoms with Crippen molar-refractivity contribution in [2.75, 3.05) is 0 Å². The fourth-order valence-electron chi connectivity index (χ4n) is 1.72.